The highest BCUT2D eigenvalue weighted by Gasteiger charge is 2.30. The van der Waals surface area contributed by atoms with E-state index in [1.165, 1.54) is 0 Å². The fourth-order valence-corrected chi connectivity index (χ4v) is 5.24. The summed E-state index contributed by atoms with van der Waals surface area (Å²) < 4.78 is 11.0. The predicted octanol–water partition coefficient (Wildman–Crippen LogP) is 5.61. The van der Waals surface area contributed by atoms with Gasteiger partial charge in [0.05, 0.1) is 12.5 Å². The zero-order chi connectivity index (χ0) is 30.7. The molecule has 1 heterocycles. The summed E-state index contributed by atoms with van der Waals surface area (Å²) >= 11 is 0. The van der Waals surface area contributed by atoms with Crippen molar-refractivity contribution < 1.29 is 29.0 Å². The summed E-state index contributed by atoms with van der Waals surface area (Å²) in [5.41, 5.74) is 2.18. The van der Waals surface area contributed by atoms with Crippen LogP contribution in [0, 0.1) is 17.8 Å². The Hall–Kier alpha value is -3.46. The predicted molar refractivity (Wildman–Crippen MR) is 162 cm³/mol. The molecule has 1 saturated carbocycles. The number of benzene rings is 1. The molecule has 0 bridgehead atoms. The van der Waals surface area contributed by atoms with Crippen LogP contribution in [0.15, 0.2) is 42.6 Å². The highest BCUT2D eigenvalue weighted by molar-refractivity contribution is 5.85. The lowest BCUT2D eigenvalue weighted by Gasteiger charge is -2.29. The second kappa shape index (κ2) is 15.7. The number of nitrogens with one attached hydrogen (secondary N) is 1. The van der Waals surface area contributed by atoms with Gasteiger partial charge in [0.2, 0.25) is 5.88 Å². The number of rotatable bonds is 14. The van der Waals surface area contributed by atoms with Crippen LogP contribution in [-0.2, 0) is 20.7 Å². The molecule has 9 nitrogen and oxygen atoms in total. The van der Waals surface area contributed by atoms with E-state index in [1.54, 1.807) is 6.20 Å². The van der Waals surface area contributed by atoms with Crippen molar-refractivity contribution in [2.75, 3.05) is 33.8 Å². The summed E-state index contributed by atoms with van der Waals surface area (Å²) in [6.07, 6.45) is 5.62. The van der Waals surface area contributed by atoms with Gasteiger partial charge in [-0.05, 0) is 96.5 Å². The number of pyridine rings is 1. The lowest BCUT2D eigenvalue weighted by Crippen LogP contribution is -2.36. The topological polar surface area (TPSA) is 118 Å². The van der Waals surface area contributed by atoms with Crippen LogP contribution in [0.3, 0.4) is 0 Å². The van der Waals surface area contributed by atoms with Gasteiger partial charge < -0.3 is 24.8 Å². The molecule has 1 aromatic heterocycles. The lowest BCUT2D eigenvalue weighted by molar-refractivity contribution is -0.144. The second-order valence-corrected chi connectivity index (χ2v) is 12.6. The number of aliphatic carboxylic acids is 1. The summed E-state index contributed by atoms with van der Waals surface area (Å²) in [5.74, 6) is -0.992. The highest BCUT2D eigenvalue weighted by atomic mass is 16.6. The Morgan fingerprint density at radius 3 is 2.43 bits per heavy atom. The Balaban J connectivity index is 1.50. The third kappa shape index (κ3) is 11.4. The number of carbonyl (C=O) groups excluding carboxylic acids is 2. The van der Waals surface area contributed by atoms with Crippen LogP contribution < -0.4 is 10.1 Å². The van der Waals surface area contributed by atoms with Gasteiger partial charge in [-0.2, -0.15) is 0 Å². The number of hydrogen-bond acceptors (Lipinski definition) is 7. The molecule has 3 rings (SSSR count). The number of aromatic nitrogens is 1. The number of ether oxygens (including phenoxy) is 2. The van der Waals surface area contributed by atoms with Gasteiger partial charge in [0, 0.05) is 43.3 Å². The van der Waals surface area contributed by atoms with E-state index in [0.29, 0.717) is 31.9 Å². The third-order valence-corrected chi connectivity index (χ3v) is 7.51. The number of hydrogen-bond donors (Lipinski definition) is 2. The maximum absolute atomic E-state index is 13.1. The molecule has 1 aliphatic carbocycles. The number of carboxylic acids is 1. The van der Waals surface area contributed by atoms with E-state index >= 15 is 0 Å². The minimum absolute atomic E-state index is 0.0162. The van der Waals surface area contributed by atoms with Gasteiger partial charge in [0.15, 0.2) is 0 Å². The molecule has 0 spiro atoms. The normalized spacial score (nSPS) is 17.9. The van der Waals surface area contributed by atoms with Crippen LogP contribution in [0.5, 0.6) is 5.88 Å². The summed E-state index contributed by atoms with van der Waals surface area (Å²) in [4.78, 5) is 43.7. The van der Waals surface area contributed by atoms with Crippen LogP contribution >= 0.6 is 0 Å². The number of Topliss-reactive ketones (excluding diaryl/α,β-unsaturated/α-hetero) is 1. The maximum Gasteiger partial charge on any atom is 0.407 e. The lowest BCUT2D eigenvalue weighted by atomic mass is 9.77. The Morgan fingerprint density at radius 1 is 1.07 bits per heavy atom. The fourth-order valence-electron chi connectivity index (χ4n) is 5.24. The van der Waals surface area contributed by atoms with E-state index in [-0.39, 0.29) is 30.5 Å². The first-order valence-electron chi connectivity index (χ1n) is 14.9. The number of alkyl carbamates (subject to hydrolysis) is 1. The molecule has 1 fully saturated rings. The average molecular weight is 582 g/mol. The van der Waals surface area contributed by atoms with Crippen molar-refractivity contribution in [2.45, 2.75) is 71.3 Å². The zero-order valence-electron chi connectivity index (χ0n) is 25.7. The number of nitrogens with zero attached hydrogens (tertiary/aromatic N) is 2. The van der Waals surface area contributed by atoms with Crippen molar-refractivity contribution in [1.82, 2.24) is 15.2 Å². The highest BCUT2D eigenvalue weighted by Crippen LogP contribution is 2.31. The quantitative estimate of drug-likeness (QED) is 0.276. The maximum atomic E-state index is 13.1. The summed E-state index contributed by atoms with van der Waals surface area (Å²) in [5, 5.41) is 12.8. The van der Waals surface area contributed by atoms with E-state index in [2.05, 4.69) is 15.2 Å². The standard InChI is InChI=1S/C33H47N3O6/c1-33(2,3)42-32(40)35-21-23-10-12-25(13-11-23)29(37)20-28(31(38)39)19-24-8-6-9-26(18-24)27-14-15-30(34-22-27)41-17-7-16-36(4)5/h6,8-9,14-15,18,22-23,25,28H,7,10-13,16-17,19-21H2,1-5H3,(H,35,40)(H,38,39)/t23?,25?,28-/m1/s1. The minimum atomic E-state index is -0.957. The van der Waals surface area contributed by atoms with Crippen molar-refractivity contribution in [3.8, 4) is 17.0 Å². The van der Waals surface area contributed by atoms with Gasteiger partial charge in [-0.1, -0.05) is 24.3 Å². The molecule has 1 amide bonds. The number of carboxylic acid groups (broad SMARTS) is 1. The molecule has 0 aliphatic heterocycles. The van der Waals surface area contributed by atoms with Crippen LogP contribution in [0.2, 0.25) is 0 Å². The van der Waals surface area contributed by atoms with Crippen LogP contribution in [-0.4, -0.2) is 72.2 Å². The van der Waals surface area contributed by atoms with E-state index in [0.717, 1.165) is 42.5 Å². The minimum Gasteiger partial charge on any atom is -0.481 e. The molecule has 230 valence electrons. The van der Waals surface area contributed by atoms with Gasteiger partial charge in [0.25, 0.3) is 0 Å². The van der Waals surface area contributed by atoms with Crippen LogP contribution in [0.4, 0.5) is 4.79 Å². The third-order valence-electron chi connectivity index (χ3n) is 7.51. The molecule has 0 radical (unpaired) electrons. The second-order valence-electron chi connectivity index (χ2n) is 12.6. The molecule has 2 aromatic rings. The van der Waals surface area contributed by atoms with E-state index in [1.807, 2.05) is 71.3 Å². The van der Waals surface area contributed by atoms with Gasteiger partial charge in [-0.3, -0.25) is 9.59 Å². The summed E-state index contributed by atoms with van der Waals surface area (Å²) in [6.45, 7) is 7.54. The molecule has 9 heteroatoms. The zero-order valence-corrected chi connectivity index (χ0v) is 25.7. The van der Waals surface area contributed by atoms with Crippen molar-refractivity contribution in [2.24, 2.45) is 17.8 Å². The Bertz CT molecular complexity index is 1170. The first-order chi connectivity index (χ1) is 19.9. The average Bonchev–Trinajstić information content (AvgIpc) is 2.93. The van der Waals surface area contributed by atoms with Crippen molar-refractivity contribution >= 4 is 17.8 Å². The van der Waals surface area contributed by atoms with Crippen molar-refractivity contribution in [3.63, 3.8) is 0 Å². The number of amides is 1. The Morgan fingerprint density at radius 2 is 1.81 bits per heavy atom. The molecular formula is C33H47N3O6. The van der Waals surface area contributed by atoms with Crippen molar-refractivity contribution in [1.29, 1.82) is 0 Å². The van der Waals surface area contributed by atoms with E-state index < -0.39 is 23.6 Å². The van der Waals surface area contributed by atoms with Crippen LogP contribution in [0.25, 0.3) is 11.1 Å². The van der Waals surface area contributed by atoms with E-state index in [9.17, 15) is 19.5 Å². The SMILES string of the molecule is CN(C)CCCOc1ccc(-c2cccc(C[C@H](CC(=O)C3CCC(CNC(=O)OC(C)(C)C)CC3)C(=O)O)c2)cn1. The number of carbonyl (C=O) groups is 3. The first-order valence-corrected chi connectivity index (χ1v) is 14.9. The summed E-state index contributed by atoms with van der Waals surface area (Å²) in [6, 6.07) is 11.5. The number of ketones is 1. The van der Waals surface area contributed by atoms with Gasteiger partial charge in [-0.15, -0.1) is 0 Å². The molecule has 42 heavy (non-hydrogen) atoms. The molecule has 0 saturated heterocycles. The van der Waals surface area contributed by atoms with Crippen LogP contribution in [0.1, 0.15) is 64.9 Å². The molecule has 1 atom stereocenters. The first kappa shape index (κ1) is 33.0. The fraction of sp³-hybridized carbons (Fsp3) is 0.576. The molecule has 1 aliphatic rings. The van der Waals surface area contributed by atoms with Gasteiger partial charge >= 0.3 is 12.1 Å². The monoisotopic (exact) mass is 581 g/mol. The smallest absolute Gasteiger partial charge is 0.407 e. The molecule has 0 unspecified atom stereocenters. The molecule has 1 aromatic carbocycles. The van der Waals surface area contributed by atoms with Crippen molar-refractivity contribution in [3.05, 3.63) is 48.2 Å². The molecule has 2 N–H and O–H groups in total. The van der Waals surface area contributed by atoms with Gasteiger partial charge in [-0.25, -0.2) is 9.78 Å². The van der Waals surface area contributed by atoms with Gasteiger partial charge in [0.1, 0.15) is 11.4 Å². The molecular weight excluding hydrogens is 534 g/mol. The largest absolute Gasteiger partial charge is 0.481 e. The van der Waals surface area contributed by atoms with E-state index in [4.69, 9.17) is 9.47 Å². The Kier molecular flexibility index (Phi) is 12.3. The Labute approximate surface area is 250 Å². The summed E-state index contributed by atoms with van der Waals surface area (Å²) in [7, 11) is 4.06.